The Morgan fingerprint density at radius 2 is 2.50 bits per heavy atom. The maximum atomic E-state index is 4.11. The second-order valence-electron chi connectivity index (χ2n) is 2.47. The van der Waals surface area contributed by atoms with E-state index in [1.54, 1.807) is 22.8 Å². The molecular weight excluding hydrogens is 172 g/mol. The fourth-order valence-corrected chi connectivity index (χ4v) is 1.66. The number of nitrogens with one attached hydrogen (secondary N) is 1. The molecule has 0 fully saturated rings. The molecule has 1 N–H and O–H groups in total. The van der Waals surface area contributed by atoms with E-state index in [4.69, 9.17) is 0 Å². The van der Waals surface area contributed by atoms with Gasteiger partial charge in [-0.2, -0.15) is 5.10 Å². The number of nitrogens with zero attached hydrogens (tertiary/aromatic N) is 3. The predicted molar refractivity (Wildman–Crippen MR) is 50.3 cm³/mol. The summed E-state index contributed by atoms with van der Waals surface area (Å²) in [6.45, 7) is 1.06. The van der Waals surface area contributed by atoms with Crippen LogP contribution in [0, 0.1) is 0 Å². The highest BCUT2D eigenvalue weighted by molar-refractivity contribution is 7.99. The van der Waals surface area contributed by atoms with Crippen LogP contribution in [-0.2, 0) is 7.05 Å². The SMILES string of the molecule is CNCCCSc1ncnn1C. The van der Waals surface area contributed by atoms with E-state index in [9.17, 15) is 0 Å². The Bertz CT molecular complexity index is 223. The molecule has 1 rings (SSSR count). The Kier molecular flexibility index (Phi) is 4.10. The standard InChI is InChI=1S/C7H14N4S/c1-8-4-3-5-12-7-9-6-10-11(7)2/h6,8H,3-5H2,1-2H3. The molecule has 1 aromatic heterocycles. The Hall–Kier alpha value is -0.550. The summed E-state index contributed by atoms with van der Waals surface area (Å²) in [5, 5.41) is 8.08. The van der Waals surface area contributed by atoms with Crippen molar-refractivity contribution in [3.63, 3.8) is 0 Å². The van der Waals surface area contributed by atoms with Crippen molar-refractivity contribution in [2.45, 2.75) is 11.6 Å². The number of rotatable bonds is 5. The van der Waals surface area contributed by atoms with Crippen LogP contribution in [-0.4, -0.2) is 34.1 Å². The minimum absolute atomic E-state index is 0.992. The number of hydrogen-bond donors (Lipinski definition) is 1. The van der Waals surface area contributed by atoms with Crippen molar-refractivity contribution >= 4 is 11.8 Å². The predicted octanol–water partition coefficient (Wildman–Crippen LogP) is 0.517. The summed E-state index contributed by atoms with van der Waals surface area (Å²) in [5.41, 5.74) is 0. The van der Waals surface area contributed by atoms with Crippen molar-refractivity contribution < 1.29 is 0 Å². The Morgan fingerprint density at radius 3 is 3.08 bits per heavy atom. The van der Waals surface area contributed by atoms with E-state index in [0.717, 1.165) is 23.9 Å². The van der Waals surface area contributed by atoms with E-state index in [1.165, 1.54) is 0 Å². The van der Waals surface area contributed by atoms with Crippen LogP contribution in [0.5, 0.6) is 0 Å². The maximum Gasteiger partial charge on any atom is 0.185 e. The molecule has 12 heavy (non-hydrogen) atoms. The molecule has 0 bridgehead atoms. The number of hydrogen-bond acceptors (Lipinski definition) is 4. The van der Waals surface area contributed by atoms with Gasteiger partial charge in [0.15, 0.2) is 5.16 Å². The van der Waals surface area contributed by atoms with Gasteiger partial charge < -0.3 is 5.32 Å². The molecule has 0 atom stereocenters. The molecule has 4 nitrogen and oxygen atoms in total. The maximum absolute atomic E-state index is 4.11. The van der Waals surface area contributed by atoms with E-state index in [-0.39, 0.29) is 0 Å². The molecule has 0 spiro atoms. The monoisotopic (exact) mass is 186 g/mol. The lowest BCUT2D eigenvalue weighted by molar-refractivity contribution is 0.684. The molecule has 0 radical (unpaired) electrons. The molecule has 68 valence electrons. The zero-order valence-corrected chi connectivity index (χ0v) is 8.27. The third-order valence-corrected chi connectivity index (χ3v) is 2.59. The first-order valence-electron chi connectivity index (χ1n) is 3.96. The van der Waals surface area contributed by atoms with Crippen LogP contribution in [0.25, 0.3) is 0 Å². The van der Waals surface area contributed by atoms with Gasteiger partial charge in [0.2, 0.25) is 0 Å². The second kappa shape index (κ2) is 5.16. The van der Waals surface area contributed by atoms with Crippen molar-refractivity contribution in [1.82, 2.24) is 20.1 Å². The van der Waals surface area contributed by atoms with Crippen LogP contribution < -0.4 is 5.32 Å². The van der Waals surface area contributed by atoms with Crippen molar-refractivity contribution in [3.8, 4) is 0 Å². The number of aryl methyl sites for hydroxylation is 1. The van der Waals surface area contributed by atoms with Crippen LogP contribution in [0.2, 0.25) is 0 Å². The molecule has 0 aromatic carbocycles. The molecular formula is C7H14N4S. The van der Waals surface area contributed by atoms with Crippen LogP contribution in [0.15, 0.2) is 11.5 Å². The van der Waals surface area contributed by atoms with Crippen molar-refractivity contribution in [2.24, 2.45) is 7.05 Å². The van der Waals surface area contributed by atoms with Gasteiger partial charge in [0.1, 0.15) is 6.33 Å². The smallest absolute Gasteiger partial charge is 0.185 e. The second-order valence-corrected chi connectivity index (χ2v) is 3.53. The van der Waals surface area contributed by atoms with Crippen molar-refractivity contribution in [2.75, 3.05) is 19.3 Å². The summed E-state index contributed by atoms with van der Waals surface area (Å²) in [4.78, 5) is 4.11. The van der Waals surface area contributed by atoms with Crippen molar-refractivity contribution in [1.29, 1.82) is 0 Å². The fraction of sp³-hybridized carbons (Fsp3) is 0.714. The number of aromatic nitrogens is 3. The van der Waals surface area contributed by atoms with E-state index in [1.807, 2.05) is 14.1 Å². The summed E-state index contributed by atoms with van der Waals surface area (Å²) >= 11 is 1.74. The number of thioether (sulfide) groups is 1. The average Bonchev–Trinajstić information content (AvgIpc) is 2.46. The average molecular weight is 186 g/mol. The highest BCUT2D eigenvalue weighted by Crippen LogP contribution is 2.13. The quantitative estimate of drug-likeness (QED) is 0.537. The molecule has 1 heterocycles. The van der Waals surface area contributed by atoms with Gasteiger partial charge >= 0.3 is 0 Å². The molecule has 0 aliphatic heterocycles. The van der Waals surface area contributed by atoms with Gasteiger partial charge in [-0.15, -0.1) is 0 Å². The lowest BCUT2D eigenvalue weighted by Gasteiger charge is -1.99. The Balaban J connectivity index is 2.20. The lowest BCUT2D eigenvalue weighted by atomic mass is 10.5. The molecule has 0 saturated carbocycles. The third kappa shape index (κ3) is 2.83. The topological polar surface area (TPSA) is 42.7 Å². The van der Waals surface area contributed by atoms with Crippen LogP contribution in [0.3, 0.4) is 0 Å². The van der Waals surface area contributed by atoms with Crippen LogP contribution >= 0.6 is 11.8 Å². The summed E-state index contributed by atoms with van der Waals surface area (Å²) in [6, 6.07) is 0. The van der Waals surface area contributed by atoms with Gasteiger partial charge in [-0.3, -0.25) is 0 Å². The molecule has 0 amide bonds. The fourth-order valence-electron chi connectivity index (χ4n) is 0.829. The minimum Gasteiger partial charge on any atom is -0.320 e. The molecule has 5 heteroatoms. The van der Waals surface area contributed by atoms with Crippen LogP contribution in [0.4, 0.5) is 0 Å². The zero-order valence-electron chi connectivity index (χ0n) is 7.45. The van der Waals surface area contributed by atoms with Gasteiger partial charge in [-0.25, -0.2) is 9.67 Å². The van der Waals surface area contributed by atoms with Gasteiger partial charge in [-0.1, -0.05) is 11.8 Å². The Labute approximate surface area is 76.8 Å². The molecule has 1 aromatic rings. The summed E-state index contributed by atoms with van der Waals surface area (Å²) < 4.78 is 1.80. The lowest BCUT2D eigenvalue weighted by Crippen LogP contribution is -2.08. The molecule has 0 aliphatic carbocycles. The van der Waals surface area contributed by atoms with E-state index >= 15 is 0 Å². The van der Waals surface area contributed by atoms with Gasteiger partial charge in [0, 0.05) is 12.8 Å². The Morgan fingerprint density at radius 1 is 1.67 bits per heavy atom. The first-order chi connectivity index (χ1) is 5.84. The van der Waals surface area contributed by atoms with Crippen molar-refractivity contribution in [3.05, 3.63) is 6.33 Å². The summed E-state index contributed by atoms with van der Waals surface area (Å²) in [7, 11) is 3.88. The minimum atomic E-state index is 0.992. The summed E-state index contributed by atoms with van der Waals surface area (Å²) in [5.74, 6) is 1.09. The largest absolute Gasteiger partial charge is 0.320 e. The van der Waals surface area contributed by atoms with E-state index in [0.29, 0.717) is 0 Å². The van der Waals surface area contributed by atoms with Gasteiger partial charge in [0.05, 0.1) is 0 Å². The molecule has 0 unspecified atom stereocenters. The highest BCUT2D eigenvalue weighted by Gasteiger charge is 1.99. The third-order valence-electron chi connectivity index (χ3n) is 1.47. The normalized spacial score (nSPS) is 10.5. The van der Waals surface area contributed by atoms with E-state index in [2.05, 4.69) is 15.4 Å². The molecule has 0 aliphatic rings. The highest BCUT2D eigenvalue weighted by atomic mass is 32.2. The zero-order chi connectivity index (χ0) is 8.81. The molecule has 0 saturated heterocycles. The summed E-state index contributed by atoms with van der Waals surface area (Å²) in [6.07, 6.45) is 2.74. The first kappa shape index (κ1) is 9.54. The van der Waals surface area contributed by atoms with Crippen LogP contribution in [0.1, 0.15) is 6.42 Å². The van der Waals surface area contributed by atoms with Gasteiger partial charge in [0.25, 0.3) is 0 Å². The van der Waals surface area contributed by atoms with Gasteiger partial charge in [-0.05, 0) is 20.0 Å². The first-order valence-corrected chi connectivity index (χ1v) is 4.94. The van der Waals surface area contributed by atoms with E-state index < -0.39 is 0 Å².